The number of rotatable bonds is 6. The van der Waals surface area contributed by atoms with Gasteiger partial charge in [-0.2, -0.15) is 13.1 Å². The average molecular weight is 445 g/mol. The van der Waals surface area contributed by atoms with E-state index in [1.807, 2.05) is 25.1 Å². The monoisotopic (exact) mass is 444 g/mol. The van der Waals surface area contributed by atoms with Crippen molar-refractivity contribution in [3.05, 3.63) is 53.6 Å². The molecule has 1 aliphatic rings. The van der Waals surface area contributed by atoms with Gasteiger partial charge in [0.05, 0.1) is 17.6 Å². The van der Waals surface area contributed by atoms with E-state index in [0.717, 1.165) is 18.1 Å². The van der Waals surface area contributed by atoms with E-state index in [2.05, 4.69) is 20.1 Å². The molecule has 0 spiro atoms. The molecule has 1 aliphatic heterocycles. The maximum Gasteiger partial charge on any atom is 0.245 e. The van der Waals surface area contributed by atoms with Crippen LogP contribution in [0, 0.1) is 12.8 Å². The molecule has 3 aromatic rings. The Morgan fingerprint density at radius 3 is 2.90 bits per heavy atom. The molecule has 1 atom stereocenters. The zero-order chi connectivity index (χ0) is 21.1. The van der Waals surface area contributed by atoms with E-state index in [1.165, 1.54) is 15.4 Å². The first-order chi connectivity index (χ1) is 14.4. The second kappa shape index (κ2) is 8.79. The van der Waals surface area contributed by atoms with E-state index >= 15 is 0 Å². The van der Waals surface area contributed by atoms with E-state index in [-0.39, 0.29) is 23.3 Å². The summed E-state index contributed by atoms with van der Waals surface area (Å²) in [6, 6.07) is 13.2. The lowest BCUT2D eigenvalue weighted by atomic mass is 9.98. The largest absolute Gasteiger partial charge is 0.355 e. The smallest absolute Gasteiger partial charge is 0.245 e. The highest BCUT2D eigenvalue weighted by Crippen LogP contribution is 2.28. The molecule has 1 fully saturated rings. The SMILES string of the molecule is Cc1cccc(CCNC(=O)[C@@H]2CCCN(S(=O)(=O)c3cccc4nsnc34)C2)c1. The average Bonchev–Trinajstić information content (AvgIpc) is 3.22. The van der Waals surface area contributed by atoms with Crippen LogP contribution in [0.15, 0.2) is 47.4 Å². The van der Waals surface area contributed by atoms with E-state index < -0.39 is 10.0 Å². The predicted octanol–water partition coefficient (Wildman–Crippen LogP) is 2.76. The third-order valence-electron chi connectivity index (χ3n) is 5.42. The van der Waals surface area contributed by atoms with Crippen LogP contribution in [0.5, 0.6) is 0 Å². The summed E-state index contributed by atoms with van der Waals surface area (Å²) in [5.74, 6) is -0.435. The van der Waals surface area contributed by atoms with E-state index in [1.54, 1.807) is 18.2 Å². The Morgan fingerprint density at radius 2 is 2.07 bits per heavy atom. The first kappa shape index (κ1) is 20.9. The molecular formula is C21H24N4O3S2. The number of piperidine rings is 1. The number of aromatic nitrogens is 2. The number of nitrogens with one attached hydrogen (secondary N) is 1. The zero-order valence-electron chi connectivity index (χ0n) is 16.7. The van der Waals surface area contributed by atoms with Gasteiger partial charge in [-0.1, -0.05) is 35.9 Å². The standard InChI is InChI=1S/C21H24N4O3S2/c1-15-5-2-6-16(13-15)10-11-22-21(26)17-7-4-12-25(14-17)30(27,28)19-9-3-8-18-20(19)24-29-23-18/h2-3,5-6,8-9,13,17H,4,7,10-12,14H2,1H3,(H,22,26)/t17-/m1/s1. The molecule has 1 aromatic heterocycles. The van der Waals surface area contributed by atoms with Gasteiger partial charge in [0.1, 0.15) is 15.9 Å². The van der Waals surface area contributed by atoms with Crippen molar-refractivity contribution in [2.75, 3.05) is 19.6 Å². The molecule has 0 bridgehead atoms. The van der Waals surface area contributed by atoms with Gasteiger partial charge in [0.2, 0.25) is 15.9 Å². The molecule has 1 saturated heterocycles. The molecule has 0 unspecified atom stereocenters. The summed E-state index contributed by atoms with van der Waals surface area (Å²) < 4.78 is 36.2. The van der Waals surface area contributed by atoms with Crippen LogP contribution in [-0.2, 0) is 21.2 Å². The molecule has 2 heterocycles. The highest BCUT2D eigenvalue weighted by atomic mass is 32.2. The van der Waals surface area contributed by atoms with Gasteiger partial charge in [-0.15, -0.1) is 0 Å². The predicted molar refractivity (Wildman–Crippen MR) is 117 cm³/mol. The fourth-order valence-electron chi connectivity index (χ4n) is 3.85. The van der Waals surface area contributed by atoms with Crippen LogP contribution in [-0.4, -0.2) is 47.0 Å². The van der Waals surface area contributed by atoms with Crippen LogP contribution in [0.3, 0.4) is 0 Å². The number of carbonyl (C=O) groups is 1. The van der Waals surface area contributed by atoms with Crippen molar-refractivity contribution in [1.29, 1.82) is 0 Å². The molecule has 9 heteroatoms. The summed E-state index contributed by atoms with van der Waals surface area (Å²) in [6.45, 7) is 3.17. The van der Waals surface area contributed by atoms with Gasteiger partial charge >= 0.3 is 0 Å². The molecule has 0 saturated carbocycles. The second-order valence-electron chi connectivity index (χ2n) is 7.62. The van der Waals surface area contributed by atoms with E-state index in [4.69, 9.17) is 0 Å². The van der Waals surface area contributed by atoms with Crippen molar-refractivity contribution in [3.63, 3.8) is 0 Å². The van der Waals surface area contributed by atoms with Crippen molar-refractivity contribution in [3.8, 4) is 0 Å². The quantitative estimate of drug-likeness (QED) is 0.631. The van der Waals surface area contributed by atoms with Crippen LogP contribution < -0.4 is 5.32 Å². The lowest BCUT2D eigenvalue weighted by Gasteiger charge is -2.31. The Kier molecular flexibility index (Phi) is 6.12. The minimum absolute atomic E-state index is 0.0870. The molecule has 30 heavy (non-hydrogen) atoms. The molecule has 2 aromatic carbocycles. The van der Waals surface area contributed by atoms with E-state index in [0.29, 0.717) is 37.0 Å². The lowest BCUT2D eigenvalue weighted by Crippen LogP contribution is -2.45. The summed E-state index contributed by atoms with van der Waals surface area (Å²) in [5.41, 5.74) is 3.33. The second-order valence-corrected chi connectivity index (χ2v) is 10.1. The van der Waals surface area contributed by atoms with Gasteiger partial charge in [0.25, 0.3) is 0 Å². The molecular weight excluding hydrogens is 420 g/mol. The Labute approximate surface area is 180 Å². The van der Waals surface area contributed by atoms with Crippen molar-refractivity contribution < 1.29 is 13.2 Å². The summed E-state index contributed by atoms with van der Waals surface area (Å²) in [6.07, 6.45) is 2.09. The number of fused-ring (bicyclic) bond motifs is 1. The van der Waals surface area contributed by atoms with E-state index in [9.17, 15) is 13.2 Å². The number of carbonyl (C=O) groups excluding carboxylic acids is 1. The first-order valence-corrected chi connectivity index (χ1v) is 12.2. The fourth-order valence-corrected chi connectivity index (χ4v) is 6.12. The van der Waals surface area contributed by atoms with Crippen molar-refractivity contribution in [2.24, 2.45) is 5.92 Å². The van der Waals surface area contributed by atoms with Crippen molar-refractivity contribution in [1.82, 2.24) is 18.4 Å². The number of nitrogens with zero attached hydrogens (tertiary/aromatic N) is 3. The normalized spacial score (nSPS) is 17.8. The third-order valence-corrected chi connectivity index (χ3v) is 7.86. The Balaban J connectivity index is 1.41. The minimum Gasteiger partial charge on any atom is -0.355 e. The number of amides is 1. The Hall–Kier alpha value is -2.36. The molecule has 7 nitrogen and oxygen atoms in total. The van der Waals surface area contributed by atoms with Crippen LogP contribution in [0.4, 0.5) is 0 Å². The lowest BCUT2D eigenvalue weighted by molar-refractivity contribution is -0.126. The highest BCUT2D eigenvalue weighted by molar-refractivity contribution is 7.89. The van der Waals surface area contributed by atoms with Crippen molar-refractivity contribution in [2.45, 2.75) is 31.1 Å². The van der Waals surface area contributed by atoms with Gasteiger partial charge in [-0.05, 0) is 43.9 Å². The number of hydrogen-bond acceptors (Lipinski definition) is 6. The number of sulfonamides is 1. The first-order valence-electron chi connectivity index (χ1n) is 10.00. The summed E-state index contributed by atoms with van der Waals surface area (Å²) in [4.78, 5) is 12.8. The zero-order valence-corrected chi connectivity index (χ0v) is 18.4. The number of hydrogen-bond donors (Lipinski definition) is 1. The molecule has 0 aliphatic carbocycles. The van der Waals surface area contributed by atoms with Crippen LogP contribution in [0.25, 0.3) is 11.0 Å². The van der Waals surface area contributed by atoms with Crippen LogP contribution in [0.2, 0.25) is 0 Å². The molecule has 158 valence electrons. The fraction of sp³-hybridized carbons (Fsp3) is 0.381. The Bertz CT molecular complexity index is 1160. The Morgan fingerprint density at radius 1 is 1.23 bits per heavy atom. The highest BCUT2D eigenvalue weighted by Gasteiger charge is 2.34. The van der Waals surface area contributed by atoms with Crippen molar-refractivity contribution >= 4 is 38.7 Å². The van der Waals surface area contributed by atoms with Gasteiger partial charge in [-0.25, -0.2) is 8.42 Å². The molecule has 1 N–H and O–H groups in total. The summed E-state index contributed by atoms with van der Waals surface area (Å²) >= 11 is 0.996. The number of benzene rings is 2. The maximum absolute atomic E-state index is 13.2. The summed E-state index contributed by atoms with van der Waals surface area (Å²) in [5, 5.41) is 2.98. The summed E-state index contributed by atoms with van der Waals surface area (Å²) in [7, 11) is -3.74. The molecule has 0 radical (unpaired) electrons. The van der Waals surface area contributed by atoms with Gasteiger partial charge in [0, 0.05) is 19.6 Å². The minimum atomic E-state index is -3.74. The topological polar surface area (TPSA) is 92.3 Å². The maximum atomic E-state index is 13.2. The van der Waals surface area contributed by atoms with Gasteiger partial charge in [0.15, 0.2) is 0 Å². The van der Waals surface area contributed by atoms with Crippen LogP contribution in [0.1, 0.15) is 24.0 Å². The van der Waals surface area contributed by atoms with Gasteiger partial charge < -0.3 is 5.32 Å². The third kappa shape index (κ3) is 4.38. The molecule has 1 amide bonds. The number of aryl methyl sites for hydroxylation is 1. The van der Waals surface area contributed by atoms with Gasteiger partial charge in [-0.3, -0.25) is 4.79 Å². The van der Waals surface area contributed by atoms with Crippen LogP contribution >= 0.6 is 11.7 Å². The molecule has 4 rings (SSSR count).